The number of anilines is 1. The van der Waals surface area contributed by atoms with Crippen LogP contribution in [0.3, 0.4) is 0 Å². The monoisotopic (exact) mass is 940 g/mol. The molecule has 66 heavy (non-hydrogen) atoms. The first-order valence-electron chi connectivity index (χ1n) is 20.8. The van der Waals surface area contributed by atoms with Gasteiger partial charge in [0.05, 0.1) is 80.8 Å². The molecule has 0 saturated carbocycles. The van der Waals surface area contributed by atoms with Crippen LogP contribution in [-0.4, -0.2) is 161 Å². The Balaban J connectivity index is 0.00000587. The van der Waals surface area contributed by atoms with E-state index in [-0.39, 0.29) is 55.5 Å². The van der Waals surface area contributed by atoms with Crippen LogP contribution in [0, 0.1) is 30.6 Å². The predicted molar refractivity (Wildman–Crippen MR) is 245 cm³/mol. The second-order valence-corrected chi connectivity index (χ2v) is 16.3. The molecule has 5 bridgehead atoms. The zero-order valence-electron chi connectivity index (χ0n) is 39.8. The summed E-state index contributed by atoms with van der Waals surface area (Å²) in [5.74, 6) is -8.84. The van der Waals surface area contributed by atoms with E-state index in [2.05, 4.69) is 17.5 Å². The Kier molecular flexibility index (Phi) is 24.0. The molecule has 14 N–H and O–H groups in total. The number of hydrogen-bond donors (Lipinski definition) is 8. The third kappa shape index (κ3) is 12.7. The molecule has 1 amide bonds. The van der Waals surface area contributed by atoms with Crippen LogP contribution in [-0.2, 0) is 23.8 Å². The molecule has 6 rings (SSSR count). The van der Waals surface area contributed by atoms with Gasteiger partial charge in [-0.05, 0) is 25.5 Å². The number of likely N-dealkylation sites (N-methyl/N-ethyl adjacent to an activating group) is 1. The Morgan fingerprint density at radius 3 is 2.11 bits per heavy atom. The van der Waals surface area contributed by atoms with Gasteiger partial charge in [-0.25, -0.2) is 0 Å². The van der Waals surface area contributed by atoms with E-state index < -0.39 is 94.2 Å². The zero-order valence-corrected chi connectivity index (χ0v) is 39.8. The topological polar surface area (TPSA) is 359 Å². The number of rotatable bonds is 4. The fraction of sp³-hybridized carbons (Fsp3) is 0.556. The van der Waals surface area contributed by atoms with Crippen molar-refractivity contribution >= 4 is 40.3 Å². The average Bonchev–Trinajstić information content (AvgIpc) is 3.53. The van der Waals surface area contributed by atoms with Crippen LogP contribution >= 0.6 is 0 Å². The van der Waals surface area contributed by atoms with Crippen molar-refractivity contribution in [2.45, 2.75) is 85.6 Å². The smallest absolute Gasteiger partial charge is 0.312 e. The summed E-state index contributed by atoms with van der Waals surface area (Å²) < 4.78 is 23.5. The number of Topliss-reactive ketones (excluding diaryl/α,β-unsaturated/α-hetero) is 1. The number of hydrazone groups is 1. The Labute approximate surface area is 385 Å². The van der Waals surface area contributed by atoms with E-state index in [0.29, 0.717) is 13.1 Å². The molecule has 4 aliphatic heterocycles. The number of aliphatic hydroxyl groups excluding tert-OH is 4. The van der Waals surface area contributed by atoms with Gasteiger partial charge in [-0.3, -0.25) is 19.4 Å². The lowest BCUT2D eigenvalue weighted by atomic mass is 9.78. The molecule has 9 atom stereocenters. The van der Waals surface area contributed by atoms with Crippen molar-refractivity contribution in [1.29, 1.82) is 0 Å². The van der Waals surface area contributed by atoms with Crippen LogP contribution in [0.5, 0.6) is 23.0 Å². The number of ether oxygens (including phenoxy) is 4. The number of carbonyl (C=O) groups excluding carboxylic acids is 3. The van der Waals surface area contributed by atoms with Gasteiger partial charge in [0, 0.05) is 75.2 Å². The molecule has 0 aromatic heterocycles. The van der Waals surface area contributed by atoms with Gasteiger partial charge in [-0.1, -0.05) is 51.7 Å². The first-order valence-corrected chi connectivity index (χ1v) is 20.8. The number of nitrogens with zero attached hydrogens (tertiary/aromatic N) is 2. The number of allylic oxidation sites excluding steroid dienone is 2. The molecule has 0 unspecified atom stereocenters. The number of fused-ring (bicyclic) bond motifs is 14. The molecule has 0 radical (unpaired) electrons. The molecule has 1 fully saturated rings. The van der Waals surface area contributed by atoms with E-state index in [9.17, 15) is 39.9 Å². The fourth-order valence-corrected chi connectivity index (χ4v) is 7.99. The molecule has 21 heteroatoms. The van der Waals surface area contributed by atoms with Crippen molar-refractivity contribution in [3.05, 3.63) is 52.8 Å². The molecule has 4 heterocycles. The number of phenolic OH excluding ortho intramolecular Hbond substituents is 2. The summed E-state index contributed by atoms with van der Waals surface area (Å²) in [5.41, 5.74) is -0.564. The minimum absolute atomic E-state index is 0. The SMILES string of the molecule is CO.CO.CO[C@H]1/C=C/O[C@@]2(C)Oc3c(C)c([O-])c4c(O)c(c(/C=N/N5CC[NH+](C)CC5)c(O)c4c3C2=O)NC(=O)/C(C)=C\C=C\[C@H](C)[C@H](O)[C@@H](C)[C@@H](O)[C@@H](C)[C@H](OC(C)=O)[C@@H]1C.O.O.O. The molecular weight excluding hydrogens is 869 g/mol. The maximum Gasteiger partial charge on any atom is 0.312 e. The van der Waals surface area contributed by atoms with Crippen molar-refractivity contribution in [2.75, 3.05) is 59.9 Å². The normalized spacial score (nSPS) is 28.8. The van der Waals surface area contributed by atoms with Crippen LogP contribution in [0.15, 0.2) is 41.2 Å². The minimum Gasteiger partial charge on any atom is -0.872 e. The number of phenols is 2. The molecule has 1 saturated heterocycles. The van der Waals surface area contributed by atoms with Crippen LogP contribution < -0.4 is 20.1 Å². The van der Waals surface area contributed by atoms with Gasteiger partial charge < -0.3 is 81.3 Å². The molecule has 21 nitrogen and oxygen atoms in total. The predicted octanol–water partition coefficient (Wildman–Crippen LogP) is -0.971. The molecule has 4 aliphatic rings. The summed E-state index contributed by atoms with van der Waals surface area (Å²) in [5, 5.41) is 83.1. The van der Waals surface area contributed by atoms with Gasteiger partial charge in [-0.2, -0.15) is 5.10 Å². The largest absolute Gasteiger partial charge is 0.872 e. The van der Waals surface area contributed by atoms with E-state index >= 15 is 0 Å². The van der Waals surface area contributed by atoms with Crippen molar-refractivity contribution < 1.29 is 90.4 Å². The van der Waals surface area contributed by atoms with Crippen molar-refractivity contribution in [1.82, 2.24) is 5.01 Å². The van der Waals surface area contributed by atoms with Gasteiger partial charge in [0.25, 0.3) is 11.7 Å². The molecule has 374 valence electrons. The number of carbonyl (C=O) groups is 3. The minimum atomic E-state index is -2.07. The van der Waals surface area contributed by atoms with Crippen molar-refractivity contribution in [2.24, 2.45) is 28.8 Å². The van der Waals surface area contributed by atoms with Crippen LogP contribution in [0.1, 0.15) is 70.0 Å². The maximum atomic E-state index is 14.4. The number of aliphatic hydroxyl groups is 4. The van der Waals surface area contributed by atoms with Gasteiger partial charge >= 0.3 is 11.8 Å². The zero-order chi connectivity index (χ0) is 47.7. The highest BCUT2D eigenvalue weighted by Crippen LogP contribution is 2.54. The van der Waals surface area contributed by atoms with Gasteiger partial charge in [0.1, 0.15) is 23.4 Å². The Hall–Kier alpha value is -5.36. The van der Waals surface area contributed by atoms with E-state index in [4.69, 9.17) is 29.2 Å². The summed E-state index contributed by atoms with van der Waals surface area (Å²) in [4.78, 5) is 41.8. The summed E-state index contributed by atoms with van der Waals surface area (Å²) in [6.45, 7) is 15.2. The summed E-state index contributed by atoms with van der Waals surface area (Å²) in [7, 11) is 5.49. The van der Waals surface area contributed by atoms with Crippen LogP contribution in [0.4, 0.5) is 5.69 Å². The van der Waals surface area contributed by atoms with Crippen molar-refractivity contribution in [3.63, 3.8) is 0 Å². The highest BCUT2D eigenvalue weighted by atomic mass is 16.7. The highest BCUT2D eigenvalue weighted by Gasteiger charge is 2.49. The third-order valence-electron chi connectivity index (χ3n) is 12.0. The number of hydrogen-bond acceptors (Lipinski definition) is 16. The van der Waals surface area contributed by atoms with E-state index in [1.165, 1.54) is 64.3 Å². The van der Waals surface area contributed by atoms with Gasteiger partial charge in [-0.15, -0.1) is 0 Å². The highest BCUT2D eigenvalue weighted by molar-refractivity contribution is 6.23. The Morgan fingerprint density at radius 1 is 0.955 bits per heavy atom. The number of esters is 1. The van der Waals surface area contributed by atoms with E-state index in [0.717, 1.165) is 27.3 Å². The first kappa shape index (κ1) is 60.6. The number of methoxy groups -OCH3 is 1. The second-order valence-electron chi connectivity index (χ2n) is 16.3. The summed E-state index contributed by atoms with van der Waals surface area (Å²) >= 11 is 0. The van der Waals surface area contributed by atoms with E-state index in [1.54, 1.807) is 44.9 Å². The third-order valence-corrected chi connectivity index (χ3v) is 12.0. The Morgan fingerprint density at radius 2 is 1.55 bits per heavy atom. The maximum absolute atomic E-state index is 14.4. The lowest BCUT2D eigenvalue weighted by molar-refractivity contribution is -0.884. The lowest BCUT2D eigenvalue weighted by Crippen LogP contribution is -3.11. The average molecular weight is 941 g/mol. The molecule has 0 spiro atoms. The number of nitrogens with one attached hydrogen (secondary N) is 2. The fourth-order valence-electron chi connectivity index (χ4n) is 7.99. The number of aromatic hydroxyl groups is 2. The van der Waals surface area contributed by atoms with Gasteiger partial charge in [0.15, 0.2) is 0 Å². The van der Waals surface area contributed by atoms with E-state index in [1.807, 2.05) is 0 Å². The molecule has 2 aromatic carbocycles. The first-order chi connectivity index (χ1) is 29.7. The number of benzene rings is 2. The number of ketones is 1. The quantitative estimate of drug-likeness (QED) is 0.0791. The number of piperazine rings is 1. The Bertz CT molecular complexity index is 2080. The standard InChI is InChI=1S/C43H58N4O12.2CH4O.3H2O/c1-21-12-11-13-22(2)42(55)45-33-28(20-44-47-17-15-46(9)16-18-47)37(52)30-31(38(33)53)36(51)26(6)40-32(30)41(54)43(8,59-40)57-19-14-29(56-10)23(3)39(58-27(7)48)25(5)35(50)24(4)34(21)49;2*1-2;;;/h11-14,19-21,23-25,29,34-35,39,49-53H,15-18H2,1-10H3,(H,45,55);2*2H,1H3;3*1H2/b12-11+,19-14+,22-13-,44-20+;;;;;/t21-,23+,24+,25+,29-,34-,35+,39+,43-;;;;;/m0...../s1. The molecule has 0 aliphatic carbocycles. The molecular formula is C45H72N4O17. The number of quaternary nitrogens is 1. The number of amides is 1. The second kappa shape index (κ2) is 26.1. The van der Waals surface area contributed by atoms with Crippen LogP contribution in [0.25, 0.3) is 10.8 Å². The van der Waals surface area contributed by atoms with Crippen molar-refractivity contribution in [3.8, 4) is 23.0 Å². The summed E-state index contributed by atoms with van der Waals surface area (Å²) in [6.07, 6.45) is 4.78. The molecule has 2 aromatic rings. The lowest BCUT2D eigenvalue weighted by Gasteiger charge is -2.38. The summed E-state index contributed by atoms with van der Waals surface area (Å²) in [6, 6.07) is 0. The van der Waals surface area contributed by atoms with Gasteiger partial charge in [0.2, 0.25) is 0 Å². The van der Waals surface area contributed by atoms with Crippen LogP contribution in [0.2, 0.25) is 0 Å².